The first-order valence-corrected chi connectivity index (χ1v) is 10.9. The predicted octanol–water partition coefficient (Wildman–Crippen LogP) is 6.26. The molecule has 33 heavy (non-hydrogen) atoms. The Kier molecular flexibility index (Phi) is 8.57. The summed E-state index contributed by atoms with van der Waals surface area (Å²) < 4.78 is 10.4. The van der Waals surface area contributed by atoms with E-state index >= 15 is 0 Å². The van der Waals surface area contributed by atoms with E-state index in [1.165, 1.54) is 4.90 Å². The van der Waals surface area contributed by atoms with Gasteiger partial charge < -0.3 is 20.1 Å². The van der Waals surface area contributed by atoms with Crippen molar-refractivity contribution in [1.29, 1.82) is 0 Å². The number of anilines is 4. The number of carbonyl (C=O) groups excluding carboxylic acids is 1. The van der Waals surface area contributed by atoms with Crippen molar-refractivity contribution >= 4 is 64.0 Å². The molecule has 3 rings (SSSR count). The molecule has 0 fully saturated rings. The Labute approximate surface area is 206 Å². The molecule has 11 heteroatoms. The minimum absolute atomic E-state index is 0.0439. The van der Waals surface area contributed by atoms with Crippen molar-refractivity contribution < 1.29 is 14.3 Å². The van der Waals surface area contributed by atoms with E-state index in [1.807, 2.05) is 6.92 Å². The molecular weight excluding hydrogens is 489 g/mol. The molecule has 0 spiro atoms. The maximum Gasteiger partial charge on any atom is 0.332 e. The Balaban J connectivity index is 2.00. The minimum atomic E-state index is -0.555. The molecule has 0 aliphatic heterocycles. The van der Waals surface area contributed by atoms with Crippen molar-refractivity contribution in [2.75, 3.05) is 36.4 Å². The average molecular weight is 511 g/mol. The molecule has 0 radical (unpaired) electrons. The van der Waals surface area contributed by atoms with E-state index in [0.29, 0.717) is 29.8 Å². The number of urea groups is 1. The molecule has 1 atom stereocenters. The lowest BCUT2D eigenvalue weighted by Gasteiger charge is -2.24. The van der Waals surface area contributed by atoms with Crippen LogP contribution in [0.5, 0.6) is 5.75 Å². The molecule has 2 N–H and O–H groups in total. The van der Waals surface area contributed by atoms with Gasteiger partial charge in [0.05, 0.1) is 40.2 Å². The van der Waals surface area contributed by atoms with Crippen LogP contribution in [0.2, 0.25) is 15.1 Å². The SMILES string of the molecule is COCC(C)Nc1nccc(N(C(=O)Nc2c(Cl)ccc(Cl)c2Cl)c2ccc(OC)cc2)n1. The third kappa shape index (κ3) is 6.17. The molecule has 0 aliphatic carbocycles. The highest BCUT2D eigenvalue weighted by molar-refractivity contribution is 6.46. The van der Waals surface area contributed by atoms with Crippen LogP contribution in [0.4, 0.5) is 27.9 Å². The summed E-state index contributed by atoms with van der Waals surface area (Å²) >= 11 is 18.6. The summed E-state index contributed by atoms with van der Waals surface area (Å²) in [4.78, 5) is 23.5. The van der Waals surface area contributed by atoms with Gasteiger partial charge in [-0.1, -0.05) is 34.8 Å². The van der Waals surface area contributed by atoms with Gasteiger partial charge in [0.2, 0.25) is 5.95 Å². The minimum Gasteiger partial charge on any atom is -0.497 e. The van der Waals surface area contributed by atoms with Crippen molar-refractivity contribution in [3.05, 3.63) is 63.7 Å². The van der Waals surface area contributed by atoms with Gasteiger partial charge in [-0.25, -0.2) is 14.7 Å². The van der Waals surface area contributed by atoms with Gasteiger partial charge >= 0.3 is 6.03 Å². The lowest BCUT2D eigenvalue weighted by molar-refractivity contribution is 0.190. The largest absolute Gasteiger partial charge is 0.497 e. The number of methoxy groups -OCH3 is 2. The Morgan fingerprint density at radius 3 is 2.42 bits per heavy atom. The highest BCUT2D eigenvalue weighted by Gasteiger charge is 2.23. The number of benzene rings is 2. The number of ether oxygens (including phenoxy) is 2. The van der Waals surface area contributed by atoms with E-state index in [-0.39, 0.29) is 26.8 Å². The van der Waals surface area contributed by atoms with E-state index in [9.17, 15) is 4.79 Å². The molecule has 3 aromatic rings. The first kappa shape index (κ1) is 24.9. The van der Waals surface area contributed by atoms with Crippen LogP contribution < -0.4 is 20.3 Å². The monoisotopic (exact) mass is 509 g/mol. The molecule has 0 bridgehead atoms. The maximum absolute atomic E-state index is 13.4. The normalized spacial score (nSPS) is 11.6. The second-order valence-electron chi connectivity index (χ2n) is 6.92. The Hall–Kier alpha value is -2.78. The molecule has 174 valence electrons. The van der Waals surface area contributed by atoms with Gasteiger partial charge in [0.25, 0.3) is 0 Å². The van der Waals surface area contributed by atoms with Gasteiger partial charge in [-0.15, -0.1) is 0 Å². The van der Waals surface area contributed by atoms with Crippen LogP contribution in [0.1, 0.15) is 6.92 Å². The fourth-order valence-electron chi connectivity index (χ4n) is 2.94. The van der Waals surface area contributed by atoms with Crippen LogP contribution >= 0.6 is 34.8 Å². The Bertz CT molecular complexity index is 1110. The summed E-state index contributed by atoms with van der Waals surface area (Å²) in [6.45, 7) is 2.39. The number of rotatable bonds is 8. The van der Waals surface area contributed by atoms with E-state index < -0.39 is 6.03 Å². The van der Waals surface area contributed by atoms with Crippen molar-refractivity contribution in [3.63, 3.8) is 0 Å². The lowest BCUT2D eigenvalue weighted by atomic mass is 10.2. The molecular formula is C22H22Cl3N5O3. The molecule has 1 heterocycles. The molecule has 2 aromatic carbocycles. The predicted molar refractivity (Wildman–Crippen MR) is 133 cm³/mol. The Morgan fingerprint density at radius 1 is 1.06 bits per heavy atom. The van der Waals surface area contributed by atoms with Crippen molar-refractivity contribution in [1.82, 2.24) is 9.97 Å². The second kappa shape index (κ2) is 11.4. The summed E-state index contributed by atoms with van der Waals surface area (Å²) in [6.07, 6.45) is 1.55. The fourth-order valence-corrected chi connectivity index (χ4v) is 3.57. The van der Waals surface area contributed by atoms with Gasteiger partial charge in [-0.2, -0.15) is 4.98 Å². The topological polar surface area (TPSA) is 88.6 Å². The number of nitrogens with one attached hydrogen (secondary N) is 2. The zero-order valence-corrected chi connectivity index (χ0v) is 20.4. The Morgan fingerprint density at radius 2 is 1.76 bits per heavy atom. The highest BCUT2D eigenvalue weighted by atomic mass is 35.5. The van der Waals surface area contributed by atoms with Crippen LogP contribution in [0.25, 0.3) is 0 Å². The van der Waals surface area contributed by atoms with Gasteiger partial charge in [0.1, 0.15) is 11.6 Å². The molecule has 1 aromatic heterocycles. The van der Waals surface area contributed by atoms with Gasteiger partial charge in [-0.3, -0.25) is 0 Å². The van der Waals surface area contributed by atoms with E-state index in [1.54, 1.807) is 62.9 Å². The number of amides is 2. The maximum atomic E-state index is 13.4. The number of aromatic nitrogens is 2. The van der Waals surface area contributed by atoms with Crippen molar-refractivity contribution in [2.45, 2.75) is 13.0 Å². The highest BCUT2D eigenvalue weighted by Crippen LogP contribution is 2.37. The third-order valence-corrected chi connectivity index (χ3v) is 5.59. The standard InChI is InChI=1S/C22H22Cl3N5O3/c1-13(12-32-2)27-21-26-11-10-18(28-21)30(14-4-6-15(33-3)7-5-14)22(31)29-20-17(24)9-8-16(23)19(20)25/h4-11,13H,12H2,1-3H3,(H,29,31)(H,26,27,28). The molecule has 1 unspecified atom stereocenters. The quantitative estimate of drug-likeness (QED) is 0.348. The van der Waals surface area contributed by atoms with Crippen LogP contribution in [0, 0.1) is 0 Å². The van der Waals surface area contributed by atoms with E-state index in [2.05, 4.69) is 20.6 Å². The molecule has 0 aliphatic rings. The molecule has 2 amide bonds. The zero-order valence-electron chi connectivity index (χ0n) is 18.1. The second-order valence-corrected chi connectivity index (χ2v) is 8.11. The van der Waals surface area contributed by atoms with Crippen LogP contribution in [-0.4, -0.2) is 42.9 Å². The van der Waals surface area contributed by atoms with Crippen LogP contribution in [0.15, 0.2) is 48.7 Å². The smallest absolute Gasteiger partial charge is 0.332 e. The average Bonchev–Trinajstić information content (AvgIpc) is 2.80. The number of carbonyl (C=O) groups is 1. The van der Waals surface area contributed by atoms with E-state index in [4.69, 9.17) is 44.3 Å². The van der Waals surface area contributed by atoms with Gasteiger partial charge in [-0.05, 0) is 43.3 Å². The van der Waals surface area contributed by atoms with Gasteiger partial charge in [0, 0.05) is 25.4 Å². The van der Waals surface area contributed by atoms with Crippen LogP contribution in [0.3, 0.4) is 0 Å². The summed E-state index contributed by atoms with van der Waals surface area (Å²) in [5.74, 6) is 1.29. The summed E-state index contributed by atoms with van der Waals surface area (Å²) in [5.41, 5.74) is 0.715. The number of hydrogen-bond donors (Lipinski definition) is 2. The fraction of sp³-hybridized carbons (Fsp3) is 0.227. The van der Waals surface area contributed by atoms with E-state index in [0.717, 1.165) is 0 Å². The first-order valence-electron chi connectivity index (χ1n) is 9.81. The van der Waals surface area contributed by atoms with Crippen LogP contribution in [-0.2, 0) is 4.74 Å². The summed E-state index contributed by atoms with van der Waals surface area (Å²) in [6, 6.07) is 11.0. The lowest BCUT2D eigenvalue weighted by Crippen LogP contribution is -2.32. The number of hydrogen-bond acceptors (Lipinski definition) is 6. The van der Waals surface area contributed by atoms with Gasteiger partial charge in [0.15, 0.2) is 0 Å². The molecule has 0 saturated heterocycles. The third-order valence-electron chi connectivity index (χ3n) is 4.47. The number of nitrogens with zero attached hydrogens (tertiary/aromatic N) is 3. The van der Waals surface area contributed by atoms with Crippen molar-refractivity contribution in [2.24, 2.45) is 0 Å². The summed E-state index contributed by atoms with van der Waals surface area (Å²) in [5, 5.41) is 6.50. The van der Waals surface area contributed by atoms with Crippen molar-refractivity contribution in [3.8, 4) is 5.75 Å². The molecule has 8 nitrogen and oxygen atoms in total. The number of halogens is 3. The molecule has 0 saturated carbocycles. The zero-order chi connectivity index (χ0) is 24.0. The first-order chi connectivity index (χ1) is 15.8. The summed E-state index contributed by atoms with van der Waals surface area (Å²) in [7, 11) is 3.17.